The van der Waals surface area contributed by atoms with Crippen molar-refractivity contribution >= 4 is 21.8 Å². The van der Waals surface area contributed by atoms with Crippen LogP contribution in [0.25, 0.3) is 0 Å². The molecule has 0 aromatic carbocycles. The molecule has 1 aromatic heterocycles. The summed E-state index contributed by atoms with van der Waals surface area (Å²) in [6, 6.07) is 0. The van der Waals surface area contributed by atoms with Gasteiger partial charge in [-0.05, 0) is 13.3 Å². The third-order valence-electron chi connectivity index (χ3n) is 2.27. The van der Waals surface area contributed by atoms with Crippen LogP contribution in [0.1, 0.15) is 23.8 Å². The first-order chi connectivity index (χ1) is 7.20. The Labute approximate surface area is 98.4 Å². The van der Waals surface area contributed by atoms with Gasteiger partial charge in [-0.25, -0.2) is 4.98 Å². The topological polar surface area (TPSA) is 38.1 Å². The largest absolute Gasteiger partial charge is 0.338 e. The van der Waals surface area contributed by atoms with Crippen LogP contribution in [-0.4, -0.2) is 38.8 Å². The molecule has 0 fully saturated rings. The Morgan fingerprint density at radius 3 is 2.87 bits per heavy atom. The van der Waals surface area contributed by atoms with E-state index in [1.807, 2.05) is 18.9 Å². The van der Waals surface area contributed by atoms with Crippen molar-refractivity contribution in [2.24, 2.45) is 7.05 Å². The van der Waals surface area contributed by atoms with E-state index in [2.05, 4.69) is 20.9 Å². The molecule has 1 heterocycles. The van der Waals surface area contributed by atoms with Gasteiger partial charge in [-0.1, -0.05) is 15.9 Å². The summed E-state index contributed by atoms with van der Waals surface area (Å²) in [6.07, 6.45) is 4.22. The molecule has 4 nitrogen and oxygen atoms in total. The van der Waals surface area contributed by atoms with Crippen LogP contribution in [0, 0.1) is 0 Å². The maximum absolute atomic E-state index is 12.0. The molecule has 0 atom stereocenters. The number of aromatic nitrogens is 2. The zero-order valence-corrected chi connectivity index (χ0v) is 10.7. The molecule has 1 rings (SSSR count). The molecule has 0 aliphatic carbocycles. The monoisotopic (exact) mass is 273 g/mol. The Balaban J connectivity index is 2.69. The molecule has 84 valence electrons. The minimum atomic E-state index is 0.0541. The molecule has 0 saturated carbocycles. The SMILES string of the molecule is CCN(CCCBr)C(=O)c1cncn1C. The molecule has 0 saturated heterocycles. The van der Waals surface area contributed by atoms with Gasteiger partial charge in [-0.3, -0.25) is 4.79 Å². The summed E-state index contributed by atoms with van der Waals surface area (Å²) in [5.74, 6) is 0.0541. The van der Waals surface area contributed by atoms with Gasteiger partial charge in [0, 0.05) is 25.5 Å². The highest BCUT2D eigenvalue weighted by atomic mass is 79.9. The van der Waals surface area contributed by atoms with E-state index in [1.54, 1.807) is 17.1 Å². The summed E-state index contributed by atoms with van der Waals surface area (Å²) in [5, 5.41) is 0.919. The number of aryl methyl sites for hydroxylation is 1. The molecule has 0 aliphatic heterocycles. The maximum Gasteiger partial charge on any atom is 0.272 e. The Kier molecular flexibility index (Phi) is 4.81. The molecule has 0 N–H and O–H groups in total. The van der Waals surface area contributed by atoms with Crippen LogP contribution >= 0.6 is 15.9 Å². The van der Waals surface area contributed by atoms with Crippen LogP contribution in [0.4, 0.5) is 0 Å². The minimum Gasteiger partial charge on any atom is -0.338 e. The van der Waals surface area contributed by atoms with Gasteiger partial charge in [-0.2, -0.15) is 0 Å². The first kappa shape index (κ1) is 12.2. The number of amides is 1. The normalized spacial score (nSPS) is 10.3. The molecular formula is C10H16BrN3O. The first-order valence-electron chi connectivity index (χ1n) is 5.02. The molecule has 15 heavy (non-hydrogen) atoms. The van der Waals surface area contributed by atoms with Crippen molar-refractivity contribution in [3.63, 3.8) is 0 Å². The van der Waals surface area contributed by atoms with E-state index in [9.17, 15) is 4.79 Å². The predicted molar refractivity (Wildman–Crippen MR) is 63.2 cm³/mol. The van der Waals surface area contributed by atoms with E-state index in [0.717, 1.165) is 24.8 Å². The number of alkyl halides is 1. The maximum atomic E-state index is 12.0. The summed E-state index contributed by atoms with van der Waals surface area (Å²) < 4.78 is 1.75. The van der Waals surface area contributed by atoms with E-state index >= 15 is 0 Å². The third kappa shape index (κ3) is 3.06. The Hall–Kier alpha value is -0.840. The quantitative estimate of drug-likeness (QED) is 0.766. The Morgan fingerprint density at radius 1 is 1.67 bits per heavy atom. The molecule has 0 radical (unpaired) electrons. The molecule has 1 aromatic rings. The fourth-order valence-corrected chi connectivity index (χ4v) is 1.63. The molecule has 0 aliphatic rings. The average molecular weight is 274 g/mol. The van der Waals surface area contributed by atoms with Crippen LogP contribution in [0.5, 0.6) is 0 Å². The minimum absolute atomic E-state index is 0.0541. The van der Waals surface area contributed by atoms with Crippen molar-refractivity contribution in [1.29, 1.82) is 0 Å². The number of halogens is 1. The lowest BCUT2D eigenvalue weighted by atomic mass is 10.3. The molecule has 0 spiro atoms. The lowest BCUT2D eigenvalue weighted by molar-refractivity contribution is 0.0755. The molecule has 5 heteroatoms. The molecule has 0 bridgehead atoms. The van der Waals surface area contributed by atoms with E-state index in [-0.39, 0.29) is 5.91 Å². The van der Waals surface area contributed by atoms with E-state index in [4.69, 9.17) is 0 Å². The van der Waals surface area contributed by atoms with E-state index < -0.39 is 0 Å². The second kappa shape index (κ2) is 5.90. The van der Waals surface area contributed by atoms with Gasteiger partial charge in [0.15, 0.2) is 0 Å². The molecule has 1 amide bonds. The second-order valence-electron chi connectivity index (χ2n) is 3.32. The van der Waals surface area contributed by atoms with Gasteiger partial charge in [0.05, 0.1) is 12.5 Å². The van der Waals surface area contributed by atoms with Crippen molar-refractivity contribution in [2.75, 3.05) is 18.4 Å². The summed E-state index contributed by atoms with van der Waals surface area (Å²) in [7, 11) is 1.83. The van der Waals surface area contributed by atoms with Crippen LogP contribution in [0.15, 0.2) is 12.5 Å². The molecular weight excluding hydrogens is 258 g/mol. The van der Waals surface area contributed by atoms with Crippen molar-refractivity contribution in [2.45, 2.75) is 13.3 Å². The smallest absolute Gasteiger partial charge is 0.272 e. The van der Waals surface area contributed by atoms with Crippen LogP contribution in [-0.2, 0) is 7.05 Å². The molecule has 0 unspecified atom stereocenters. The Bertz CT molecular complexity index is 324. The summed E-state index contributed by atoms with van der Waals surface area (Å²) in [5.41, 5.74) is 0.645. The van der Waals surface area contributed by atoms with Crippen molar-refractivity contribution in [3.05, 3.63) is 18.2 Å². The van der Waals surface area contributed by atoms with Crippen LogP contribution in [0.3, 0.4) is 0 Å². The van der Waals surface area contributed by atoms with Crippen molar-refractivity contribution < 1.29 is 4.79 Å². The van der Waals surface area contributed by atoms with Gasteiger partial charge in [-0.15, -0.1) is 0 Å². The van der Waals surface area contributed by atoms with Crippen molar-refractivity contribution in [3.8, 4) is 0 Å². The number of nitrogens with zero attached hydrogens (tertiary/aromatic N) is 3. The summed E-state index contributed by atoms with van der Waals surface area (Å²) in [6.45, 7) is 3.51. The average Bonchev–Trinajstić information content (AvgIpc) is 2.65. The van der Waals surface area contributed by atoms with Crippen molar-refractivity contribution in [1.82, 2.24) is 14.5 Å². The lowest BCUT2D eigenvalue weighted by Crippen LogP contribution is -2.33. The second-order valence-corrected chi connectivity index (χ2v) is 4.11. The van der Waals surface area contributed by atoms with Gasteiger partial charge in [0.1, 0.15) is 5.69 Å². The summed E-state index contributed by atoms with van der Waals surface area (Å²) in [4.78, 5) is 17.8. The highest BCUT2D eigenvalue weighted by Crippen LogP contribution is 2.04. The van der Waals surface area contributed by atoms with Gasteiger partial charge >= 0.3 is 0 Å². The fraction of sp³-hybridized carbons (Fsp3) is 0.600. The summed E-state index contributed by atoms with van der Waals surface area (Å²) >= 11 is 3.36. The number of carbonyl (C=O) groups excluding carboxylic acids is 1. The van der Waals surface area contributed by atoms with E-state index in [1.165, 1.54) is 0 Å². The Morgan fingerprint density at radius 2 is 2.40 bits per heavy atom. The number of imidazole rings is 1. The fourth-order valence-electron chi connectivity index (χ4n) is 1.38. The van der Waals surface area contributed by atoms with Crippen LogP contribution in [0.2, 0.25) is 0 Å². The van der Waals surface area contributed by atoms with Gasteiger partial charge in [0.25, 0.3) is 5.91 Å². The highest BCUT2D eigenvalue weighted by Gasteiger charge is 2.16. The standard InChI is InChI=1S/C10H16BrN3O/c1-3-14(6-4-5-11)10(15)9-7-12-8-13(9)2/h7-8H,3-6H2,1-2H3. The first-order valence-corrected chi connectivity index (χ1v) is 6.14. The number of hydrogen-bond acceptors (Lipinski definition) is 2. The number of hydrogen-bond donors (Lipinski definition) is 0. The van der Waals surface area contributed by atoms with E-state index in [0.29, 0.717) is 5.69 Å². The number of carbonyl (C=O) groups is 1. The zero-order valence-electron chi connectivity index (χ0n) is 9.11. The third-order valence-corrected chi connectivity index (χ3v) is 2.83. The zero-order chi connectivity index (χ0) is 11.3. The highest BCUT2D eigenvalue weighted by molar-refractivity contribution is 9.09. The number of rotatable bonds is 5. The van der Waals surface area contributed by atoms with Gasteiger partial charge < -0.3 is 9.47 Å². The van der Waals surface area contributed by atoms with Crippen LogP contribution < -0.4 is 0 Å². The predicted octanol–water partition coefficient (Wildman–Crippen LogP) is 1.67. The lowest BCUT2D eigenvalue weighted by Gasteiger charge is -2.20. The van der Waals surface area contributed by atoms with Gasteiger partial charge in [0.2, 0.25) is 0 Å².